The molecule has 2 unspecified atom stereocenters. The highest BCUT2D eigenvalue weighted by Crippen LogP contribution is 2.28. The lowest BCUT2D eigenvalue weighted by molar-refractivity contribution is -0.118. The Morgan fingerprint density at radius 3 is 2.64 bits per heavy atom. The van der Waals surface area contributed by atoms with Gasteiger partial charge in [-0.3, -0.25) is 4.79 Å². The summed E-state index contributed by atoms with van der Waals surface area (Å²) in [5.74, 6) is -0.0715. The van der Waals surface area contributed by atoms with Crippen LogP contribution in [0.2, 0.25) is 0 Å². The molecular weight excluding hydrogens is 320 g/mol. The zero-order valence-electron chi connectivity index (χ0n) is 13.7. The normalized spacial score (nSPS) is 13.1. The van der Waals surface area contributed by atoms with Crippen molar-refractivity contribution in [1.29, 1.82) is 0 Å². The van der Waals surface area contributed by atoms with Crippen molar-refractivity contribution in [3.8, 4) is 0 Å². The molecule has 0 fully saturated rings. The molecule has 3 N–H and O–H groups in total. The summed E-state index contributed by atoms with van der Waals surface area (Å²) in [5.41, 5.74) is 7.44. The van der Waals surface area contributed by atoms with Gasteiger partial charge in [0.05, 0.1) is 12.5 Å². The molecule has 2 atom stereocenters. The van der Waals surface area contributed by atoms with Gasteiger partial charge in [-0.1, -0.05) is 13.8 Å². The molecule has 0 aliphatic carbocycles. The van der Waals surface area contributed by atoms with Crippen LogP contribution in [0.1, 0.15) is 32.3 Å². The van der Waals surface area contributed by atoms with E-state index >= 15 is 0 Å². The summed E-state index contributed by atoms with van der Waals surface area (Å²) < 4.78 is 5.12. The summed E-state index contributed by atoms with van der Waals surface area (Å²) >= 11 is 1.85. The van der Waals surface area contributed by atoms with Crippen LogP contribution >= 0.6 is 24.2 Å². The maximum Gasteiger partial charge on any atom is 0.227 e. The number of nitrogens with two attached hydrogens (primary N) is 1. The summed E-state index contributed by atoms with van der Waals surface area (Å²) in [6, 6.07) is 6.13. The number of rotatable bonds is 8. The fraction of sp³-hybridized carbons (Fsp3) is 0.562. The standard InChI is InChI=1S/C16H26N2O2S.ClH/c1-5-12(3)21-14-6-7-15(11(2)8-14)18-16(19)9-13(10-17)20-4;/h6-8,12-13H,5,9-10,17H2,1-4H3,(H,18,19);1H. The van der Waals surface area contributed by atoms with Crippen molar-refractivity contribution >= 4 is 35.8 Å². The summed E-state index contributed by atoms with van der Waals surface area (Å²) in [6.45, 7) is 6.75. The zero-order valence-corrected chi connectivity index (χ0v) is 15.4. The van der Waals surface area contributed by atoms with E-state index in [4.69, 9.17) is 10.5 Å². The first-order chi connectivity index (χ1) is 9.99. The van der Waals surface area contributed by atoms with E-state index < -0.39 is 0 Å². The zero-order chi connectivity index (χ0) is 15.8. The minimum Gasteiger partial charge on any atom is -0.380 e. The Labute approximate surface area is 144 Å². The van der Waals surface area contributed by atoms with Gasteiger partial charge in [0.25, 0.3) is 0 Å². The van der Waals surface area contributed by atoms with Gasteiger partial charge in [-0.2, -0.15) is 0 Å². The van der Waals surface area contributed by atoms with E-state index in [1.54, 1.807) is 7.11 Å². The van der Waals surface area contributed by atoms with Crippen LogP contribution < -0.4 is 11.1 Å². The minimum atomic E-state index is -0.231. The number of anilines is 1. The Hall–Kier alpha value is -0.750. The first-order valence-electron chi connectivity index (χ1n) is 7.30. The van der Waals surface area contributed by atoms with Gasteiger partial charge in [-0.25, -0.2) is 0 Å². The number of halogens is 1. The van der Waals surface area contributed by atoms with E-state index in [9.17, 15) is 4.79 Å². The Morgan fingerprint density at radius 1 is 1.45 bits per heavy atom. The summed E-state index contributed by atoms with van der Waals surface area (Å²) in [6.07, 6.45) is 1.18. The van der Waals surface area contributed by atoms with Gasteiger partial charge in [0, 0.05) is 29.5 Å². The fourth-order valence-corrected chi connectivity index (χ4v) is 2.86. The maximum absolute atomic E-state index is 12.0. The summed E-state index contributed by atoms with van der Waals surface area (Å²) in [7, 11) is 1.57. The van der Waals surface area contributed by atoms with E-state index in [-0.39, 0.29) is 30.8 Å². The van der Waals surface area contributed by atoms with Gasteiger partial charge < -0.3 is 15.8 Å². The SMILES string of the molecule is CCC(C)Sc1ccc(NC(=O)CC(CN)OC)c(C)c1.Cl. The summed E-state index contributed by atoms with van der Waals surface area (Å²) in [4.78, 5) is 13.2. The van der Waals surface area contributed by atoms with Crippen LogP contribution in [0, 0.1) is 6.92 Å². The quantitative estimate of drug-likeness (QED) is 0.706. The second-order valence-corrected chi connectivity index (χ2v) is 6.67. The van der Waals surface area contributed by atoms with Gasteiger partial charge in [-0.05, 0) is 37.1 Å². The molecule has 0 aromatic heterocycles. The Morgan fingerprint density at radius 2 is 2.14 bits per heavy atom. The van der Waals surface area contributed by atoms with Crippen LogP contribution in [0.5, 0.6) is 0 Å². The number of nitrogens with one attached hydrogen (secondary N) is 1. The molecule has 1 aromatic rings. The van der Waals surface area contributed by atoms with Crippen LogP contribution in [-0.4, -0.2) is 30.9 Å². The molecule has 0 spiro atoms. The summed E-state index contributed by atoms with van der Waals surface area (Å²) in [5, 5.41) is 3.51. The van der Waals surface area contributed by atoms with Crippen LogP contribution in [-0.2, 0) is 9.53 Å². The van der Waals surface area contributed by atoms with Crippen molar-refractivity contribution in [3.63, 3.8) is 0 Å². The van der Waals surface area contributed by atoms with Gasteiger partial charge >= 0.3 is 0 Å². The molecule has 1 rings (SSSR count). The molecule has 4 nitrogen and oxygen atoms in total. The molecule has 0 saturated carbocycles. The third kappa shape index (κ3) is 7.01. The molecule has 126 valence electrons. The molecule has 0 heterocycles. The number of aryl methyl sites for hydroxylation is 1. The van der Waals surface area contributed by atoms with Crippen molar-refractivity contribution in [3.05, 3.63) is 23.8 Å². The van der Waals surface area contributed by atoms with E-state index in [2.05, 4.69) is 31.3 Å². The third-order valence-corrected chi connectivity index (χ3v) is 4.66. The largest absolute Gasteiger partial charge is 0.380 e. The van der Waals surface area contributed by atoms with Gasteiger partial charge in [0.15, 0.2) is 0 Å². The first-order valence-corrected chi connectivity index (χ1v) is 8.18. The molecule has 6 heteroatoms. The number of carbonyl (C=O) groups is 1. The molecule has 0 bridgehead atoms. The second-order valence-electron chi connectivity index (χ2n) is 5.16. The van der Waals surface area contributed by atoms with E-state index in [1.807, 2.05) is 24.8 Å². The predicted molar refractivity (Wildman–Crippen MR) is 97.1 cm³/mol. The van der Waals surface area contributed by atoms with Crippen molar-refractivity contribution in [2.24, 2.45) is 5.73 Å². The lowest BCUT2D eigenvalue weighted by atomic mass is 10.2. The highest BCUT2D eigenvalue weighted by Gasteiger charge is 2.12. The predicted octanol–water partition coefficient (Wildman–Crippen LogP) is 3.61. The van der Waals surface area contributed by atoms with Crippen molar-refractivity contribution in [2.75, 3.05) is 19.0 Å². The lowest BCUT2D eigenvalue weighted by Crippen LogP contribution is -2.28. The average Bonchev–Trinajstić information content (AvgIpc) is 2.47. The van der Waals surface area contributed by atoms with Gasteiger partial charge in [-0.15, -0.1) is 24.2 Å². The molecule has 22 heavy (non-hydrogen) atoms. The van der Waals surface area contributed by atoms with Crippen LogP contribution in [0.4, 0.5) is 5.69 Å². The number of methoxy groups -OCH3 is 1. The van der Waals surface area contributed by atoms with E-state index in [0.717, 1.165) is 17.7 Å². The second kappa shape index (κ2) is 10.9. The fourth-order valence-electron chi connectivity index (χ4n) is 1.84. The highest BCUT2D eigenvalue weighted by atomic mass is 35.5. The number of carbonyl (C=O) groups excluding carboxylic acids is 1. The maximum atomic E-state index is 12.0. The van der Waals surface area contributed by atoms with Crippen molar-refractivity contribution in [2.45, 2.75) is 49.9 Å². The van der Waals surface area contributed by atoms with Crippen LogP contribution in [0.3, 0.4) is 0 Å². The van der Waals surface area contributed by atoms with Gasteiger partial charge in [0.2, 0.25) is 5.91 Å². The monoisotopic (exact) mass is 346 g/mol. The number of ether oxygens (including phenoxy) is 1. The third-order valence-electron chi connectivity index (χ3n) is 3.39. The van der Waals surface area contributed by atoms with Crippen LogP contribution in [0.25, 0.3) is 0 Å². The minimum absolute atomic E-state index is 0. The smallest absolute Gasteiger partial charge is 0.227 e. The molecular formula is C16H27ClN2O2S. The molecule has 0 aliphatic heterocycles. The Bertz CT molecular complexity index is 467. The number of benzene rings is 1. The Balaban J connectivity index is 0.00000441. The van der Waals surface area contributed by atoms with E-state index in [0.29, 0.717) is 11.8 Å². The topological polar surface area (TPSA) is 64.4 Å². The lowest BCUT2D eigenvalue weighted by Gasteiger charge is -2.15. The highest BCUT2D eigenvalue weighted by molar-refractivity contribution is 7.99. The number of hydrogen-bond donors (Lipinski definition) is 2. The molecule has 0 radical (unpaired) electrons. The number of amides is 1. The number of thioether (sulfide) groups is 1. The molecule has 1 aromatic carbocycles. The molecule has 1 amide bonds. The average molecular weight is 347 g/mol. The Kier molecular flexibility index (Phi) is 10.5. The molecule has 0 saturated heterocycles. The first kappa shape index (κ1) is 21.2. The number of hydrogen-bond acceptors (Lipinski definition) is 4. The van der Waals surface area contributed by atoms with Crippen molar-refractivity contribution < 1.29 is 9.53 Å². The van der Waals surface area contributed by atoms with Crippen molar-refractivity contribution in [1.82, 2.24) is 0 Å². The van der Waals surface area contributed by atoms with E-state index in [1.165, 1.54) is 4.90 Å². The van der Waals surface area contributed by atoms with Crippen LogP contribution in [0.15, 0.2) is 23.1 Å². The molecule has 0 aliphatic rings. The van der Waals surface area contributed by atoms with Gasteiger partial charge in [0.1, 0.15) is 0 Å².